The summed E-state index contributed by atoms with van der Waals surface area (Å²) in [5.74, 6) is 0.127. The van der Waals surface area contributed by atoms with Crippen molar-refractivity contribution in [2.45, 2.75) is 38.5 Å². The van der Waals surface area contributed by atoms with Gasteiger partial charge >= 0.3 is 0 Å². The van der Waals surface area contributed by atoms with Crippen LogP contribution in [0.4, 0.5) is 0 Å². The number of benzene rings is 1. The highest BCUT2D eigenvalue weighted by atomic mass is 16.3. The highest BCUT2D eigenvalue weighted by Gasteiger charge is 2.22. The molecule has 1 aliphatic rings. The second kappa shape index (κ2) is 5.05. The molecule has 1 aliphatic carbocycles. The molecule has 4 heteroatoms. The number of aryl methyl sites for hydroxylation is 1. The quantitative estimate of drug-likeness (QED) is 0.859. The predicted octanol–water partition coefficient (Wildman–Crippen LogP) is 1.80. The molecule has 0 saturated heterocycles. The van der Waals surface area contributed by atoms with Gasteiger partial charge in [0.25, 0.3) is 0 Å². The Hall–Kier alpha value is -1.81. The van der Waals surface area contributed by atoms with E-state index in [4.69, 9.17) is 0 Å². The third-order valence-electron chi connectivity index (χ3n) is 3.54. The van der Waals surface area contributed by atoms with Crippen molar-refractivity contribution in [3.05, 3.63) is 36.0 Å². The number of hydrogen-bond acceptors (Lipinski definition) is 2. The number of amides is 1. The van der Waals surface area contributed by atoms with Crippen LogP contribution in [0, 0.1) is 0 Å². The van der Waals surface area contributed by atoms with Crippen molar-refractivity contribution >= 4 is 16.8 Å². The van der Waals surface area contributed by atoms with Gasteiger partial charge in [-0.3, -0.25) is 4.79 Å². The Kier molecular flexibility index (Phi) is 3.25. The van der Waals surface area contributed by atoms with E-state index in [0.29, 0.717) is 19.0 Å². The Labute approximate surface area is 112 Å². The molecule has 1 saturated carbocycles. The summed E-state index contributed by atoms with van der Waals surface area (Å²) in [7, 11) is 0. The highest BCUT2D eigenvalue weighted by molar-refractivity contribution is 5.81. The van der Waals surface area contributed by atoms with Crippen molar-refractivity contribution < 1.29 is 9.90 Å². The molecule has 1 amide bonds. The lowest BCUT2D eigenvalue weighted by molar-refractivity contribution is -0.121. The number of nitrogens with zero attached hydrogens (tertiary/aromatic N) is 1. The summed E-state index contributed by atoms with van der Waals surface area (Å²) in [5, 5.41) is 13.3. The molecule has 0 bridgehead atoms. The van der Waals surface area contributed by atoms with E-state index in [1.165, 1.54) is 0 Å². The molecule has 0 atom stereocenters. The number of hydrogen-bond donors (Lipinski definition) is 2. The molecule has 0 unspecified atom stereocenters. The Morgan fingerprint density at radius 1 is 1.37 bits per heavy atom. The van der Waals surface area contributed by atoms with Crippen LogP contribution in [0.3, 0.4) is 0 Å². The van der Waals surface area contributed by atoms with Gasteiger partial charge in [0.1, 0.15) is 0 Å². The number of aromatic nitrogens is 1. The maximum atomic E-state index is 11.7. The average Bonchev–Trinajstić information content (AvgIpc) is 3.14. The number of nitrogens with one attached hydrogen (secondary N) is 1. The van der Waals surface area contributed by atoms with Crippen LogP contribution in [0.2, 0.25) is 0 Å². The van der Waals surface area contributed by atoms with Gasteiger partial charge in [-0.05, 0) is 35.9 Å². The molecule has 19 heavy (non-hydrogen) atoms. The van der Waals surface area contributed by atoms with Gasteiger partial charge in [-0.2, -0.15) is 0 Å². The zero-order valence-corrected chi connectivity index (χ0v) is 10.8. The molecule has 3 rings (SSSR count). The van der Waals surface area contributed by atoms with E-state index in [-0.39, 0.29) is 12.5 Å². The molecule has 2 N–H and O–H groups in total. The standard InChI is InChI=1S/C15H18N2O2/c18-10-11-1-2-12-5-7-17(14(12)9-11)8-6-15(19)16-13-3-4-13/h1-2,5,7,9,13,18H,3-4,6,8,10H2,(H,16,19). The first-order valence-corrected chi connectivity index (χ1v) is 6.74. The van der Waals surface area contributed by atoms with Crippen molar-refractivity contribution in [3.8, 4) is 0 Å². The summed E-state index contributed by atoms with van der Waals surface area (Å²) in [6.07, 6.45) is 4.75. The molecule has 0 aliphatic heterocycles. The second-order valence-electron chi connectivity index (χ2n) is 5.15. The Morgan fingerprint density at radius 3 is 2.95 bits per heavy atom. The third kappa shape index (κ3) is 2.79. The van der Waals surface area contributed by atoms with Crippen LogP contribution in [0.5, 0.6) is 0 Å². The molecule has 1 fully saturated rings. The van der Waals surface area contributed by atoms with Crippen molar-refractivity contribution in [1.29, 1.82) is 0 Å². The van der Waals surface area contributed by atoms with Gasteiger partial charge in [0, 0.05) is 30.7 Å². The first-order valence-electron chi connectivity index (χ1n) is 6.74. The summed E-state index contributed by atoms with van der Waals surface area (Å²) >= 11 is 0. The van der Waals surface area contributed by atoms with Crippen molar-refractivity contribution in [3.63, 3.8) is 0 Å². The van der Waals surface area contributed by atoms with E-state index >= 15 is 0 Å². The molecule has 4 nitrogen and oxygen atoms in total. The molecule has 1 heterocycles. The number of carbonyl (C=O) groups is 1. The normalized spacial score (nSPS) is 14.8. The maximum absolute atomic E-state index is 11.7. The van der Waals surface area contributed by atoms with E-state index in [1.54, 1.807) is 0 Å². The van der Waals surface area contributed by atoms with Gasteiger partial charge < -0.3 is 15.0 Å². The first-order chi connectivity index (χ1) is 9.26. The lowest BCUT2D eigenvalue weighted by atomic mass is 10.2. The van der Waals surface area contributed by atoms with Crippen LogP contribution in [0.15, 0.2) is 30.5 Å². The van der Waals surface area contributed by atoms with E-state index in [9.17, 15) is 9.90 Å². The monoisotopic (exact) mass is 258 g/mol. The van der Waals surface area contributed by atoms with Gasteiger partial charge in [0.05, 0.1) is 6.61 Å². The molecular formula is C15H18N2O2. The smallest absolute Gasteiger partial charge is 0.222 e. The summed E-state index contributed by atoms with van der Waals surface area (Å²) in [5.41, 5.74) is 1.97. The van der Waals surface area contributed by atoms with Crippen LogP contribution in [0.1, 0.15) is 24.8 Å². The van der Waals surface area contributed by atoms with E-state index in [2.05, 4.69) is 9.88 Å². The Morgan fingerprint density at radius 2 is 2.21 bits per heavy atom. The van der Waals surface area contributed by atoms with Crippen molar-refractivity contribution in [2.24, 2.45) is 0 Å². The number of carbonyl (C=O) groups excluding carboxylic acids is 1. The first kappa shape index (κ1) is 12.2. The van der Waals surface area contributed by atoms with E-state index < -0.39 is 0 Å². The number of fused-ring (bicyclic) bond motifs is 1. The Balaban J connectivity index is 1.70. The van der Waals surface area contributed by atoms with E-state index in [1.807, 2.05) is 30.5 Å². The molecule has 2 aromatic rings. The number of aliphatic hydroxyl groups is 1. The lowest BCUT2D eigenvalue weighted by Gasteiger charge is -2.07. The second-order valence-corrected chi connectivity index (χ2v) is 5.15. The fourth-order valence-electron chi connectivity index (χ4n) is 2.27. The van der Waals surface area contributed by atoms with Gasteiger partial charge in [-0.15, -0.1) is 0 Å². The molecule has 0 radical (unpaired) electrons. The van der Waals surface area contributed by atoms with Crippen LogP contribution >= 0.6 is 0 Å². The van der Waals surface area contributed by atoms with Crippen LogP contribution < -0.4 is 5.32 Å². The topological polar surface area (TPSA) is 54.3 Å². The minimum Gasteiger partial charge on any atom is -0.392 e. The third-order valence-corrected chi connectivity index (χ3v) is 3.54. The van der Waals surface area contributed by atoms with Gasteiger partial charge in [0.15, 0.2) is 0 Å². The summed E-state index contributed by atoms with van der Waals surface area (Å²) in [6, 6.07) is 8.37. The highest BCUT2D eigenvalue weighted by Crippen LogP contribution is 2.20. The molecule has 1 aromatic heterocycles. The fourth-order valence-corrected chi connectivity index (χ4v) is 2.27. The average molecular weight is 258 g/mol. The molecule has 0 spiro atoms. The maximum Gasteiger partial charge on any atom is 0.222 e. The summed E-state index contributed by atoms with van der Waals surface area (Å²) in [4.78, 5) is 11.7. The predicted molar refractivity (Wildman–Crippen MR) is 73.6 cm³/mol. The van der Waals surface area contributed by atoms with Gasteiger partial charge in [-0.25, -0.2) is 0 Å². The van der Waals surface area contributed by atoms with Gasteiger partial charge in [-0.1, -0.05) is 12.1 Å². The molecular weight excluding hydrogens is 240 g/mol. The molecule has 100 valence electrons. The summed E-state index contributed by atoms with van der Waals surface area (Å²) < 4.78 is 2.07. The van der Waals surface area contributed by atoms with E-state index in [0.717, 1.165) is 29.3 Å². The SMILES string of the molecule is O=C(CCn1ccc2ccc(CO)cc21)NC1CC1. The minimum absolute atomic E-state index is 0.0449. The number of rotatable bonds is 5. The van der Waals surface area contributed by atoms with Crippen molar-refractivity contribution in [1.82, 2.24) is 9.88 Å². The zero-order valence-electron chi connectivity index (χ0n) is 10.8. The lowest BCUT2D eigenvalue weighted by Crippen LogP contribution is -2.26. The van der Waals surface area contributed by atoms with Crippen LogP contribution in [-0.4, -0.2) is 21.6 Å². The fraction of sp³-hybridized carbons (Fsp3) is 0.400. The van der Waals surface area contributed by atoms with Crippen LogP contribution in [-0.2, 0) is 17.9 Å². The summed E-state index contributed by atoms with van der Waals surface area (Å²) in [6.45, 7) is 0.722. The minimum atomic E-state index is 0.0449. The van der Waals surface area contributed by atoms with Gasteiger partial charge in [0.2, 0.25) is 5.91 Å². The Bertz CT molecular complexity index is 599. The molecule has 1 aromatic carbocycles. The zero-order chi connectivity index (χ0) is 13.2. The van der Waals surface area contributed by atoms with Crippen LogP contribution in [0.25, 0.3) is 10.9 Å². The van der Waals surface area contributed by atoms with Crippen molar-refractivity contribution in [2.75, 3.05) is 0 Å². The number of aliphatic hydroxyl groups excluding tert-OH is 1. The largest absolute Gasteiger partial charge is 0.392 e.